The van der Waals surface area contributed by atoms with Gasteiger partial charge >= 0.3 is 0 Å². The highest BCUT2D eigenvalue weighted by atomic mass is 16.2. The van der Waals surface area contributed by atoms with E-state index in [0.717, 1.165) is 22.3 Å². The van der Waals surface area contributed by atoms with E-state index in [9.17, 15) is 9.59 Å². The summed E-state index contributed by atoms with van der Waals surface area (Å²) in [5.41, 5.74) is 3.53. The molecule has 0 aliphatic heterocycles. The highest BCUT2D eigenvalue weighted by molar-refractivity contribution is 5.92. The van der Waals surface area contributed by atoms with Crippen molar-refractivity contribution in [2.75, 3.05) is 5.32 Å². The monoisotopic (exact) mass is 374 g/mol. The molecule has 0 saturated heterocycles. The van der Waals surface area contributed by atoms with Gasteiger partial charge in [0.05, 0.1) is 11.4 Å². The fourth-order valence-corrected chi connectivity index (χ4v) is 3.59. The second-order valence-electron chi connectivity index (χ2n) is 6.92. The number of fused-ring (bicyclic) bond motifs is 1. The molecular weight excluding hydrogens is 352 g/mol. The molecule has 6 nitrogen and oxygen atoms in total. The first kappa shape index (κ1) is 17.9. The molecular formula is C22H22N4O2. The number of nitrogens with one attached hydrogen (secondary N) is 1. The Morgan fingerprint density at radius 3 is 2.43 bits per heavy atom. The van der Waals surface area contributed by atoms with E-state index in [1.807, 2.05) is 80.1 Å². The lowest BCUT2D eigenvalue weighted by atomic mass is 10.2. The van der Waals surface area contributed by atoms with Gasteiger partial charge in [0.1, 0.15) is 12.2 Å². The lowest BCUT2D eigenvalue weighted by Gasteiger charge is -2.09. The van der Waals surface area contributed by atoms with Crippen molar-refractivity contribution in [1.29, 1.82) is 0 Å². The molecule has 0 aliphatic rings. The molecule has 0 aliphatic carbocycles. The van der Waals surface area contributed by atoms with E-state index in [4.69, 9.17) is 0 Å². The minimum atomic E-state index is -0.242. The molecule has 1 N–H and O–H groups in total. The van der Waals surface area contributed by atoms with Gasteiger partial charge in [0.25, 0.3) is 5.56 Å². The first-order valence-electron chi connectivity index (χ1n) is 9.16. The predicted molar refractivity (Wildman–Crippen MR) is 111 cm³/mol. The van der Waals surface area contributed by atoms with Crippen molar-refractivity contribution in [2.45, 2.75) is 20.4 Å². The van der Waals surface area contributed by atoms with Crippen LogP contribution in [0.4, 0.5) is 5.69 Å². The summed E-state index contributed by atoms with van der Waals surface area (Å²) in [7, 11) is 1.81. The first-order chi connectivity index (χ1) is 13.5. The van der Waals surface area contributed by atoms with Gasteiger partial charge in [-0.15, -0.1) is 0 Å². The van der Waals surface area contributed by atoms with Crippen molar-refractivity contribution >= 4 is 22.5 Å². The van der Waals surface area contributed by atoms with Gasteiger partial charge in [-0.05, 0) is 43.5 Å². The van der Waals surface area contributed by atoms with E-state index in [1.165, 1.54) is 0 Å². The Labute approximate surface area is 162 Å². The second-order valence-corrected chi connectivity index (χ2v) is 6.92. The molecule has 142 valence electrons. The number of carbonyl (C=O) groups is 1. The third kappa shape index (κ3) is 2.93. The van der Waals surface area contributed by atoms with Crippen LogP contribution in [0.2, 0.25) is 0 Å². The maximum absolute atomic E-state index is 12.9. The average Bonchev–Trinajstić information content (AvgIpc) is 3.11. The van der Waals surface area contributed by atoms with Gasteiger partial charge in [-0.2, -0.15) is 0 Å². The van der Waals surface area contributed by atoms with Crippen LogP contribution in [0, 0.1) is 13.8 Å². The SMILES string of the molecule is Cc1cc2ccccc2n1CC(=O)Nc1c(C)n(C)n(-c2ccccc2)c1=O. The third-order valence-corrected chi connectivity index (χ3v) is 5.14. The summed E-state index contributed by atoms with van der Waals surface area (Å²) in [6.45, 7) is 3.95. The molecule has 2 aromatic heterocycles. The van der Waals surface area contributed by atoms with Gasteiger partial charge in [-0.3, -0.25) is 14.3 Å². The minimum absolute atomic E-state index is 0.151. The first-order valence-corrected chi connectivity index (χ1v) is 9.16. The summed E-state index contributed by atoms with van der Waals surface area (Å²) < 4.78 is 5.27. The highest BCUT2D eigenvalue weighted by Crippen LogP contribution is 2.19. The Morgan fingerprint density at radius 2 is 1.68 bits per heavy atom. The van der Waals surface area contributed by atoms with E-state index in [2.05, 4.69) is 11.4 Å². The number of aromatic nitrogens is 3. The molecule has 0 unspecified atom stereocenters. The van der Waals surface area contributed by atoms with Crippen molar-refractivity contribution in [2.24, 2.45) is 7.05 Å². The number of carbonyl (C=O) groups excluding carboxylic acids is 1. The van der Waals surface area contributed by atoms with Crippen molar-refractivity contribution in [1.82, 2.24) is 13.9 Å². The molecule has 0 fully saturated rings. The molecule has 1 amide bonds. The smallest absolute Gasteiger partial charge is 0.295 e. The van der Waals surface area contributed by atoms with E-state index < -0.39 is 0 Å². The van der Waals surface area contributed by atoms with Crippen molar-refractivity contribution in [3.63, 3.8) is 0 Å². The number of anilines is 1. The van der Waals surface area contributed by atoms with Crippen LogP contribution in [-0.4, -0.2) is 19.8 Å². The fraction of sp³-hybridized carbons (Fsp3) is 0.182. The molecule has 2 aromatic carbocycles. The molecule has 0 bridgehead atoms. The zero-order chi connectivity index (χ0) is 19.8. The number of para-hydroxylation sites is 2. The van der Waals surface area contributed by atoms with Gasteiger partial charge in [0, 0.05) is 18.3 Å². The average molecular weight is 374 g/mol. The molecule has 6 heteroatoms. The van der Waals surface area contributed by atoms with Crippen LogP contribution >= 0.6 is 0 Å². The van der Waals surface area contributed by atoms with Gasteiger partial charge < -0.3 is 9.88 Å². The summed E-state index contributed by atoms with van der Waals surface area (Å²) in [6, 6.07) is 19.4. The minimum Gasteiger partial charge on any atom is -0.335 e. The Hall–Kier alpha value is -3.54. The molecule has 0 saturated carbocycles. The standard InChI is InChI=1S/C22H22N4O2/c1-15-13-17-9-7-8-12-19(17)25(15)14-20(27)23-21-16(2)24(3)26(22(21)28)18-10-5-4-6-11-18/h4-13H,14H2,1-3H3,(H,23,27). The van der Waals surface area contributed by atoms with E-state index in [1.54, 1.807) is 9.36 Å². The summed E-state index contributed by atoms with van der Waals surface area (Å²) >= 11 is 0. The maximum Gasteiger partial charge on any atom is 0.295 e. The van der Waals surface area contributed by atoms with Crippen LogP contribution in [-0.2, 0) is 18.4 Å². The normalized spacial score (nSPS) is 11.1. The number of hydrogen-bond acceptors (Lipinski definition) is 2. The third-order valence-electron chi connectivity index (χ3n) is 5.14. The highest BCUT2D eigenvalue weighted by Gasteiger charge is 2.18. The molecule has 4 aromatic rings. The fourth-order valence-electron chi connectivity index (χ4n) is 3.59. The molecule has 0 atom stereocenters. The van der Waals surface area contributed by atoms with Gasteiger partial charge in [0.15, 0.2) is 0 Å². The largest absolute Gasteiger partial charge is 0.335 e. The lowest BCUT2D eigenvalue weighted by molar-refractivity contribution is -0.116. The van der Waals surface area contributed by atoms with Crippen molar-refractivity contribution in [3.05, 3.63) is 82.4 Å². The summed E-state index contributed by atoms with van der Waals surface area (Å²) in [4.78, 5) is 25.7. The lowest BCUT2D eigenvalue weighted by Crippen LogP contribution is -2.25. The van der Waals surface area contributed by atoms with E-state index >= 15 is 0 Å². The van der Waals surface area contributed by atoms with Gasteiger partial charge in [-0.1, -0.05) is 36.4 Å². The Morgan fingerprint density at radius 1 is 1.00 bits per heavy atom. The zero-order valence-corrected chi connectivity index (χ0v) is 16.1. The Balaban J connectivity index is 1.65. The zero-order valence-electron chi connectivity index (χ0n) is 16.1. The van der Waals surface area contributed by atoms with Gasteiger partial charge in [-0.25, -0.2) is 4.68 Å². The molecule has 4 rings (SSSR count). The van der Waals surface area contributed by atoms with Gasteiger partial charge in [0.2, 0.25) is 5.91 Å². The predicted octanol–water partition coefficient (Wildman–Crippen LogP) is 3.39. The van der Waals surface area contributed by atoms with Crippen LogP contribution in [0.5, 0.6) is 0 Å². The topological polar surface area (TPSA) is 61.0 Å². The summed E-state index contributed by atoms with van der Waals surface area (Å²) in [5, 5.41) is 3.92. The summed E-state index contributed by atoms with van der Waals surface area (Å²) in [5.74, 6) is -0.226. The van der Waals surface area contributed by atoms with Crippen LogP contribution in [0.15, 0.2) is 65.5 Å². The second kappa shape index (κ2) is 6.88. The van der Waals surface area contributed by atoms with Crippen molar-refractivity contribution in [3.8, 4) is 5.69 Å². The Bertz CT molecular complexity index is 1230. The van der Waals surface area contributed by atoms with Crippen LogP contribution in [0.25, 0.3) is 16.6 Å². The number of rotatable bonds is 4. The number of benzene rings is 2. The van der Waals surface area contributed by atoms with Crippen molar-refractivity contribution < 1.29 is 4.79 Å². The van der Waals surface area contributed by atoms with Crippen LogP contribution < -0.4 is 10.9 Å². The van der Waals surface area contributed by atoms with E-state index in [0.29, 0.717) is 11.4 Å². The number of amides is 1. The van der Waals surface area contributed by atoms with Crippen LogP contribution in [0.1, 0.15) is 11.4 Å². The number of nitrogens with zero attached hydrogens (tertiary/aromatic N) is 3. The quantitative estimate of drug-likeness (QED) is 0.595. The molecule has 0 spiro atoms. The maximum atomic E-state index is 12.9. The molecule has 28 heavy (non-hydrogen) atoms. The summed E-state index contributed by atoms with van der Waals surface area (Å²) in [6.07, 6.45) is 0. The van der Waals surface area contributed by atoms with E-state index in [-0.39, 0.29) is 18.0 Å². The number of hydrogen-bond donors (Lipinski definition) is 1. The Kier molecular flexibility index (Phi) is 4.39. The number of aryl methyl sites for hydroxylation is 1. The van der Waals surface area contributed by atoms with Crippen LogP contribution in [0.3, 0.4) is 0 Å². The molecule has 0 radical (unpaired) electrons. The molecule has 2 heterocycles.